The lowest BCUT2D eigenvalue weighted by Crippen LogP contribution is -2.45. The molecule has 0 fully saturated rings. The fraction of sp³-hybridized carbons (Fsp3) is 0.923. The molecule has 0 rings (SSSR count). The Morgan fingerprint density at radius 2 is 0.864 bits per heavy atom. The van der Waals surface area contributed by atoms with Crippen LogP contribution in [-0.2, 0) is 4.79 Å². The SMILES string of the molecule is CCCCCCCCCCCCCCCCCCCCC(=O)NC(CO)C(O)C=CC(O)CCCCCCCCCCCC. The van der Waals surface area contributed by atoms with Crippen LogP contribution in [-0.4, -0.2) is 46.1 Å². The molecular formula is C39H77NO4. The molecule has 0 radical (unpaired) electrons. The Kier molecular flexibility index (Phi) is 34.2. The summed E-state index contributed by atoms with van der Waals surface area (Å²) in [5, 5.41) is 33.1. The van der Waals surface area contributed by atoms with Crippen molar-refractivity contribution in [3.63, 3.8) is 0 Å². The summed E-state index contributed by atoms with van der Waals surface area (Å²) in [4.78, 5) is 12.3. The lowest BCUT2D eigenvalue weighted by Gasteiger charge is -2.20. The van der Waals surface area contributed by atoms with Gasteiger partial charge in [0.2, 0.25) is 5.91 Å². The fourth-order valence-corrected chi connectivity index (χ4v) is 6.02. The quantitative estimate of drug-likeness (QED) is 0.0418. The Morgan fingerprint density at radius 1 is 0.523 bits per heavy atom. The number of aliphatic hydroxyl groups excluding tert-OH is 3. The molecule has 0 aliphatic rings. The minimum absolute atomic E-state index is 0.126. The van der Waals surface area contributed by atoms with Crippen LogP contribution in [0.5, 0.6) is 0 Å². The molecule has 0 heterocycles. The first-order chi connectivity index (χ1) is 21.5. The second-order valence-electron chi connectivity index (χ2n) is 13.5. The number of hydrogen-bond donors (Lipinski definition) is 4. The van der Waals surface area contributed by atoms with Crippen molar-refractivity contribution >= 4 is 5.91 Å². The zero-order valence-corrected chi connectivity index (χ0v) is 29.6. The van der Waals surface area contributed by atoms with Crippen molar-refractivity contribution in [2.75, 3.05) is 6.61 Å². The van der Waals surface area contributed by atoms with Crippen LogP contribution >= 0.6 is 0 Å². The van der Waals surface area contributed by atoms with Gasteiger partial charge < -0.3 is 20.6 Å². The van der Waals surface area contributed by atoms with E-state index in [9.17, 15) is 20.1 Å². The normalized spacial score (nSPS) is 13.8. The molecule has 0 aliphatic heterocycles. The largest absolute Gasteiger partial charge is 0.394 e. The first-order valence-electron chi connectivity index (χ1n) is 19.5. The van der Waals surface area contributed by atoms with E-state index >= 15 is 0 Å². The summed E-state index contributed by atoms with van der Waals surface area (Å²) in [6.07, 6.45) is 38.9. The van der Waals surface area contributed by atoms with Crippen molar-refractivity contribution in [1.29, 1.82) is 0 Å². The maximum Gasteiger partial charge on any atom is 0.220 e. The van der Waals surface area contributed by atoms with Gasteiger partial charge >= 0.3 is 0 Å². The topological polar surface area (TPSA) is 89.8 Å². The van der Waals surface area contributed by atoms with Gasteiger partial charge in [0.15, 0.2) is 0 Å². The van der Waals surface area contributed by atoms with Crippen molar-refractivity contribution < 1.29 is 20.1 Å². The van der Waals surface area contributed by atoms with Crippen LogP contribution < -0.4 is 5.32 Å². The van der Waals surface area contributed by atoms with Gasteiger partial charge in [-0.25, -0.2) is 0 Å². The summed E-state index contributed by atoms with van der Waals surface area (Å²) in [6.45, 7) is 4.20. The van der Waals surface area contributed by atoms with Gasteiger partial charge in [0.25, 0.3) is 0 Å². The summed E-state index contributed by atoms with van der Waals surface area (Å²) in [7, 11) is 0. The van der Waals surface area contributed by atoms with Crippen molar-refractivity contribution in [3.05, 3.63) is 12.2 Å². The van der Waals surface area contributed by atoms with E-state index in [0.29, 0.717) is 12.8 Å². The fourth-order valence-electron chi connectivity index (χ4n) is 6.02. The van der Waals surface area contributed by atoms with Gasteiger partial charge in [0.05, 0.1) is 24.9 Å². The number of amides is 1. The highest BCUT2D eigenvalue weighted by Crippen LogP contribution is 2.15. The molecule has 0 saturated heterocycles. The predicted molar refractivity (Wildman–Crippen MR) is 190 cm³/mol. The molecule has 5 nitrogen and oxygen atoms in total. The Hall–Kier alpha value is -0.910. The van der Waals surface area contributed by atoms with Gasteiger partial charge in [-0.1, -0.05) is 199 Å². The molecule has 0 aliphatic carbocycles. The maximum absolute atomic E-state index is 12.3. The Morgan fingerprint density at radius 3 is 1.23 bits per heavy atom. The highest BCUT2D eigenvalue weighted by atomic mass is 16.3. The molecule has 5 heteroatoms. The summed E-state index contributed by atoms with van der Waals surface area (Å²) in [5.41, 5.74) is 0. The monoisotopic (exact) mass is 624 g/mol. The van der Waals surface area contributed by atoms with E-state index in [0.717, 1.165) is 32.1 Å². The molecule has 3 unspecified atom stereocenters. The number of carbonyl (C=O) groups excluding carboxylic acids is 1. The van der Waals surface area contributed by atoms with Crippen LogP contribution in [0.2, 0.25) is 0 Å². The van der Waals surface area contributed by atoms with E-state index in [4.69, 9.17) is 0 Å². The molecule has 0 bridgehead atoms. The van der Waals surface area contributed by atoms with Crippen molar-refractivity contribution in [1.82, 2.24) is 5.32 Å². The third kappa shape index (κ3) is 31.1. The average Bonchev–Trinajstić information content (AvgIpc) is 3.02. The summed E-state index contributed by atoms with van der Waals surface area (Å²) >= 11 is 0. The molecule has 44 heavy (non-hydrogen) atoms. The van der Waals surface area contributed by atoms with Crippen molar-refractivity contribution in [3.8, 4) is 0 Å². The number of unbranched alkanes of at least 4 members (excludes halogenated alkanes) is 26. The van der Waals surface area contributed by atoms with E-state index in [2.05, 4.69) is 19.2 Å². The molecule has 1 amide bonds. The number of nitrogens with one attached hydrogen (secondary N) is 1. The zero-order valence-electron chi connectivity index (χ0n) is 29.6. The molecule has 0 aromatic carbocycles. The summed E-state index contributed by atoms with van der Waals surface area (Å²) in [5.74, 6) is -0.126. The second kappa shape index (κ2) is 35.0. The van der Waals surface area contributed by atoms with E-state index in [-0.39, 0.29) is 12.5 Å². The van der Waals surface area contributed by atoms with Gasteiger partial charge in [0, 0.05) is 6.42 Å². The zero-order chi connectivity index (χ0) is 32.4. The van der Waals surface area contributed by atoms with Gasteiger partial charge in [-0.15, -0.1) is 0 Å². The Bertz CT molecular complexity index is 611. The van der Waals surface area contributed by atoms with Gasteiger partial charge in [-0.05, 0) is 12.8 Å². The van der Waals surface area contributed by atoms with Crippen LogP contribution in [0.15, 0.2) is 12.2 Å². The minimum atomic E-state index is -1.01. The highest BCUT2D eigenvalue weighted by Gasteiger charge is 2.18. The third-order valence-corrected chi connectivity index (χ3v) is 9.10. The molecule has 0 aromatic rings. The number of hydrogen-bond acceptors (Lipinski definition) is 4. The Balaban J connectivity index is 3.66. The molecular weight excluding hydrogens is 546 g/mol. The van der Waals surface area contributed by atoms with Crippen LogP contribution in [0.3, 0.4) is 0 Å². The molecule has 0 aromatic heterocycles. The van der Waals surface area contributed by atoms with Crippen LogP contribution in [0.4, 0.5) is 0 Å². The summed E-state index contributed by atoms with van der Waals surface area (Å²) in [6, 6.07) is -0.737. The van der Waals surface area contributed by atoms with Crippen molar-refractivity contribution in [2.24, 2.45) is 0 Å². The predicted octanol–water partition coefficient (Wildman–Crippen LogP) is 10.5. The minimum Gasteiger partial charge on any atom is -0.394 e. The molecule has 262 valence electrons. The Labute approximate surface area is 274 Å². The number of carbonyl (C=O) groups is 1. The van der Waals surface area contributed by atoms with Gasteiger partial charge in [0.1, 0.15) is 0 Å². The van der Waals surface area contributed by atoms with E-state index < -0.39 is 18.2 Å². The number of rotatable bonds is 35. The number of aliphatic hydroxyl groups is 3. The lowest BCUT2D eigenvalue weighted by atomic mass is 10.0. The first-order valence-corrected chi connectivity index (χ1v) is 19.5. The lowest BCUT2D eigenvalue weighted by molar-refractivity contribution is -0.123. The van der Waals surface area contributed by atoms with Crippen molar-refractivity contribution in [2.45, 2.75) is 225 Å². The van der Waals surface area contributed by atoms with Crippen LogP contribution in [0.1, 0.15) is 206 Å². The van der Waals surface area contributed by atoms with E-state index in [1.54, 1.807) is 6.08 Å². The molecule has 0 saturated carbocycles. The third-order valence-electron chi connectivity index (χ3n) is 9.10. The standard InChI is InChI=1S/C39H77NO4/c1-3-5-7-9-11-13-15-16-17-18-19-20-21-22-24-26-28-30-32-39(44)40-37(35-41)38(43)34-33-36(42)31-29-27-25-23-14-12-10-8-6-4-2/h33-34,36-38,41-43H,3-32,35H2,1-2H3,(H,40,44). The van der Waals surface area contributed by atoms with Gasteiger partial charge in [-0.3, -0.25) is 4.79 Å². The average molecular weight is 624 g/mol. The van der Waals surface area contributed by atoms with Gasteiger partial charge in [-0.2, -0.15) is 0 Å². The smallest absolute Gasteiger partial charge is 0.220 e. The van der Waals surface area contributed by atoms with Crippen LogP contribution in [0.25, 0.3) is 0 Å². The molecule has 3 atom stereocenters. The van der Waals surface area contributed by atoms with E-state index in [1.807, 2.05) is 0 Å². The highest BCUT2D eigenvalue weighted by molar-refractivity contribution is 5.76. The maximum atomic E-state index is 12.3. The van der Waals surface area contributed by atoms with E-state index in [1.165, 1.54) is 154 Å². The van der Waals surface area contributed by atoms with Crippen LogP contribution in [0, 0.1) is 0 Å². The molecule has 4 N–H and O–H groups in total. The first kappa shape index (κ1) is 43.1. The summed E-state index contributed by atoms with van der Waals surface area (Å²) < 4.78 is 0. The molecule has 0 spiro atoms. The second-order valence-corrected chi connectivity index (χ2v) is 13.5.